The summed E-state index contributed by atoms with van der Waals surface area (Å²) in [7, 11) is -18.1. The summed E-state index contributed by atoms with van der Waals surface area (Å²) in [6.07, 6.45) is 0. The van der Waals surface area contributed by atoms with Crippen LogP contribution in [0.4, 0.5) is 0 Å². The standard InChI is InChI=1S/2Al.2K.2Na.5O3Si/c;;;;;;5*1-4(2)3/q2*+3;4*+1;5*-2. The molecule has 0 spiro atoms. The zero-order valence-electron chi connectivity index (χ0n) is 13.8. The molecule has 0 saturated carbocycles. The van der Waals surface area contributed by atoms with Gasteiger partial charge in [-0.2, -0.15) is 0 Å². The molecule has 0 aromatic heterocycles. The van der Waals surface area contributed by atoms with Gasteiger partial charge in [-0.25, -0.2) is 0 Å². The summed E-state index contributed by atoms with van der Waals surface area (Å²) in [4.78, 5) is 85.2. The van der Waals surface area contributed by atoms with E-state index in [2.05, 4.69) is 0 Å². The van der Waals surface area contributed by atoms with Gasteiger partial charge in [0.1, 0.15) is 0 Å². The molecule has 120 valence electrons. The van der Waals surface area contributed by atoms with E-state index in [4.69, 9.17) is 70.3 Å². The van der Waals surface area contributed by atoms with Gasteiger partial charge >= 0.3 is 197 Å². The third-order valence-electron chi connectivity index (χ3n) is 0. The number of hydrogen-bond donors (Lipinski definition) is 0. The Hall–Kier alpha value is 4.42. The first-order valence-corrected chi connectivity index (χ1v) is 9.19. The summed E-state index contributed by atoms with van der Waals surface area (Å²) in [6.45, 7) is 0. The molecule has 26 heavy (non-hydrogen) atoms. The molecule has 0 atom stereocenters. The molecule has 0 N–H and O–H groups in total. The molecule has 0 unspecified atom stereocenters. The van der Waals surface area contributed by atoms with Crippen molar-refractivity contribution in [3.8, 4) is 0 Å². The van der Waals surface area contributed by atoms with E-state index in [0.29, 0.717) is 0 Å². The van der Waals surface area contributed by atoms with Crippen molar-refractivity contribution < 1.29 is 232 Å². The van der Waals surface area contributed by atoms with Crippen LogP contribution in [0.2, 0.25) is 0 Å². The van der Waals surface area contributed by atoms with Crippen molar-refractivity contribution >= 4 is 80.6 Å². The van der Waals surface area contributed by atoms with Crippen LogP contribution in [0, 0.1) is 0 Å². The molecule has 0 aliphatic rings. The third-order valence-corrected chi connectivity index (χ3v) is 0. The van der Waals surface area contributed by atoms with Crippen LogP contribution in [0.5, 0.6) is 0 Å². The van der Waals surface area contributed by atoms with E-state index in [-0.39, 0.29) is 197 Å². The summed E-state index contributed by atoms with van der Waals surface area (Å²) in [5.41, 5.74) is 0. The van der Waals surface area contributed by atoms with Crippen LogP contribution in [0.15, 0.2) is 0 Å². The van der Waals surface area contributed by atoms with Crippen LogP contribution in [0.25, 0.3) is 0 Å². The van der Waals surface area contributed by atoms with Crippen molar-refractivity contribution in [1.82, 2.24) is 0 Å². The predicted octanol–water partition coefficient (Wildman–Crippen LogP) is -27.1. The predicted molar refractivity (Wildman–Crippen MR) is 43.7 cm³/mol. The van der Waals surface area contributed by atoms with E-state index in [9.17, 15) is 0 Å². The maximum Gasteiger partial charge on any atom is 3.00 e. The fourth-order valence-electron chi connectivity index (χ4n) is 0. The van der Waals surface area contributed by atoms with Crippen molar-refractivity contribution in [3.63, 3.8) is 0 Å². The minimum Gasteiger partial charge on any atom is -0.672 e. The molecule has 0 aliphatic heterocycles. The van der Waals surface area contributed by atoms with Gasteiger partial charge in [0, 0.05) is 45.9 Å². The van der Waals surface area contributed by atoms with Gasteiger partial charge in [-0.1, -0.05) is 0 Å². The molecule has 0 rings (SSSR count). The van der Waals surface area contributed by atoms with Crippen molar-refractivity contribution in [2.75, 3.05) is 0 Å². The Bertz CT molecular complexity index is 231. The van der Waals surface area contributed by atoms with Gasteiger partial charge in [-0.05, 0) is 0 Å². The van der Waals surface area contributed by atoms with Crippen molar-refractivity contribution in [2.24, 2.45) is 0 Å². The van der Waals surface area contributed by atoms with Gasteiger partial charge in [0.25, 0.3) is 0 Å². The largest absolute Gasteiger partial charge is 3.00 e. The normalized spacial score (nSPS) is 4.62. The Kier molecular flexibility index (Phi) is 169. The first-order valence-electron chi connectivity index (χ1n) is 3.06. The van der Waals surface area contributed by atoms with E-state index in [1.807, 2.05) is 0 Å². The summed E-state index contributed by atoms with van der Waals surface area (Å²) >= 11 is 0. The fourth-order valence-corrected chi connectivity index (χ4v) is 0. The second-order valence-electron chi connectivity index (χ2n) is 1.25. The third kappa shape index (κ3) is 1090. The quantitative estimate of drug-likeness (QED) is 0.249. The van der Waals surface area contributed by atoms with Crippen LogP contribution in [0.3, 0.4) is 0 Å². The molecule has 0 fully saturated rings. The van der Waals surface area contributed by atoms with E-state index in [1.165, 1.54) is 0 Å². The Balaban J connectivity index is -0.0000000114. The van der Waals surface area contributed by atoms with Crippen LogP contribution in [-0.4, -0.2) is 80.6 Å². The van der Waals surface area contributed by atoms with Gasteiger partial charge in [-0.3, -0.25) is 0 Å². The summed E-state index contributed by atoms with van der Waals surface area (Å²) < 4.78 is 42.6. The SMILES string of the molecule is O=[Si]([O-])[O-].O=[Si]([O-])[O-].O=[Si]([O-])[O-].O=[Si]([O-])[O-].O=[Si]([O-])[O-].[Al+3].[Al+3].[K+].[K+].[Na+].[Na+]. The molecule has 26 heteroatoms. The van der Waals surface area contributed by atoms with E-state index in [1.54, 1.807) is 0 Å². The van der Waals surface area contributed by atoms with Crippen LogP contribution in [-0.2, 0) is 22.3 Å². The van der Waals surface area contributed by atoms with Crippen molar-refractivity contribution in [1.29, 1.82) is 0 Å². The van der Waals surface area contributed by atoms with Gasteiger partial charge < -0.3 is 70.3 Å². The average Bonchev–Trinajstić information content (AvgIpc) is 1.94. The molecule has 15 nitrogen and oxygen atoms in total. The van der Waals surface area contributed by atoms with Gasteiger partial charge in [-0.15, -0.1) is 0 Å². The molecule has 0 heterocycles. The molecule has 0 bridgehead atoms. The fraction of sp³-hybridized carbons (Fsp3) is 0. The van der Waals surface area contributed by atoms with Gasteiger partial charge in [0.15, 0.2) is 0 Å². The zero-order valence-corrected chi connectivity index (χ0v) is 31.3. The molecule has 0 aliphatic carbocycles. The van der Waals surface area contributed by atoms with Crippen LogP contribution >= 0.6 is 0 Å². The topological polar surface area (TPSA) is 316 Å². The number of rotatable bonds is 0. The monoisotopic (exact) mass is 558 g/mol. The van der Waals surface area contributed by atoms with E-state index in [0.717, 1.165) is 0 Å². The van der Waals surface area contributed by atoms with Gasteiger partial charge in [0.05, 0.1) is 0 Å². The summed E-state index contributed by atoms with van der Waals surface area (Å²) in [5, 5.41) is 0. The second-order valence-corrected chi connectivity index (χ2v) is 3.75. The van der Waals surface area contributed by atoms with Crippen LogP contribution in [0.1, 0.15) is 0 Å². The minimum absolute atomic E-state index is 0. The van der Waals surface area contributed by atoms with Crippen molar-refractivity contribution in [3.05, 3.63) is 0 Å². The zero-order chi connectivity index (χ0) is 17.9. The molecule has 0 saturated heterocycles. The Morgan fingerprint density at radius 3 is 0.346 bits per heavy atom. The van der Waals surface area contributed by atoms with Gasteiger partial charge in [0.2, 0.25) is 0 Å². The smallest absolute Gasteiger partial charge is 0.672 e. The number of hydrogen-bond acceptors (Lipinski definition) is 15. The average molecular weight is 559 g/mol. The maximum absolute atomic E-state index is 8.52. The molecule has 0 aromatic carbocycles. The van der Waals surface area contributed by atoms with Crippen LogP contribution < -0.4 is 210 Å². The first-order chi connectivity index (χ1) is 8.66. The Labute approximate surface area is 305 Å². The first kappa shape index (κ1) is 69.8. The molecule has 0 amide bonds. The Morgan fingerprint density at radius 2 is 0.346 bits per heavy atom. The summed E-state index contributed by atoms with van der Waals surface area (Å²) in [5.74, 6) is 0. The van der Waals surface area contributed by atoms with E-state index < -0.39 is 45.9 Å². The molecule has 0 radical (unpaired) electrons. The Morgan fingerprint density at radius 1 is 0.346 bits per heavy atom. The molecular formula is Al2K2Na2O15Si5. The minimum atomic E-state index is -3.63. The maximum atomic E-state index is 8.52. The van der Waals surface area contributed by atoms with E-state index >= 15 is 0 Å². The second kappa shape index (κ2) is 63.0. The molecule has 0 aromatic rings. The molecular weight excluding hydrogens is 559 g/mol. The summed E-state index contributed by atoms with van der Waals surface area (Å²) in [6, 6.07) is 0. The van der Waals surface area contributed by atoms with Crippen molar-refractivity contribution in [2.45, 2.75) is 0 Å².